The van der Waals surface area contributed by atoms with Crippen LogP contribution in [0.25, 0.3) is 16.7 Å². The fraction of sp³-hybridized carbons (Fsp3) is 0.423. The van der Waals surface area contributed by atoms with Crippen LogP contribution < -0.4 is 25.4 Å². The minimum Gasteiger partial charge on any atom is -0.493 e. The summed E-state index contributed by atoms with van der Waals surface area (Å²) in [7, 11) is 3.17. The summed E-state index contributed by atoms with van der Waals surface area (Å²) in [6.07, 6.45) is 6.04. The Bertz CT molecular complexity index is 1440. The van der Waals surface area contributed by atoms with Crippen molar-refractivity contribution in [3.05, 3.63) is 36.8 Å². The lowest BCUT2D eigenvalue weighted by atomic mass is 10.1. The number of nitrogen functional groups attached to an aromatic ring is 1. The zero-order chi connectivity index (χ0) is 26.2. The summed E-state index contributed by atoms with van der Waals surface area (Å²) in [5.41, 5.74) is 7.43. The molecule has 0 amide bonds. The molecule has 2 fully saturated rings. The number of fused-ring (bicyclic) bond motifs is 1. The Labute approximate surface area is 220 Å². The summed E-state index contributed by atoms with van der Waals surface area (Å²) in [5, 5.41) is 8.38. The van der Waals surface area contributed by atoms with Gasteiger partial charge >= 0.3 is 0 Å². The van der Waals surface area contributed by atoms with Gasteiger partial charge in [-0.15, -0.1) is 5.10 Å². The molecule has 12 nitrogen and oxygen atoms in total. The van der Waals surface area contributed by atoms with Crippen LogP contribution in [0, 0.1) is 5.92 Å². The number of rotatable bonds is 8. The molecule has 38 heavy (non-hydrogen) atoms. The molecule has 4 aromatic rings. The lowest BCUT2D eigenvalue weighted by Crippen LogP contribution is -2.52. The molecule has 3 N–H and O–H groups in total. The average Bonchev–Trinajstić information content (AvgIpc) is 3.68. The highest BCUT2D eigenvalue weighted by Crippen LogP contribution is 2.34. The van der Waals surface area contributed by atoms with Gasteiger partial charge in [-0.3, -0.25) is 4.90 Å². The van der Waals surface area contributed by atoms with Crippen LogP contribution >= 0.6 is 0 Å². The second-order valence-electron chi connectivity index (χ2n) is 9.89. The molecule has 4 heterocycles. The molecule has 2 aliphatic rings. The van der Waals surface area contributed by atoms with Gasteiger partial charge in [-0.1, -0.05) is 0 Å². The number of hydrogen-bond acceptors (Lipinski definition) is 11. The Kier molecular flexibility index (Phi) is 6.32. The van der Waals surface area contributed by atoms with E-state index < -0.39 is 0 Å². The number of hydrogen-bond donors (Lipinski definition) is 2. The molecule has 1 aliphatic carbocycles. The van der Waals surface area contributed by atoms with Crippen LogP contribution in [-0.2, 0) is 0 Å². The molecular formula is C26H32N10O2. The van der Waals surface area contributed by atoms with Crippen molar-refractivity contribution in [2.24, 2.45) is 5.92 Å². The van der Waals surface area contributed by atoms with Crippen molar-refractivity contribution in [2.45, 2.75) is 25.8 Å². The predicted molar refractivity (Wildman–Crippen MR) is 145 cm³/mol. The summed E-state index contributed by atoms with van der Waals surface area (Å²) in [4.78, 5) is 22.9. The molecule has 0 bridgehead atoms. The minimum absolute atomic E-state index is 0.113. The van der Waals surface area contributed by atoms with Crippen LogP contribution in [0.1, 0.15) is 19.8 Å². The normalized spacial score (nSPS) is 18.1. The molecule has 1 aliphatic heterocycles. The van der Waals surface area contributed by atoms with Gasteiger partial charge in [0.2, 0.25) is 11.9 Å². The maximum Gasteiger partial charge on any atom is 0.241 e. The van der Waals surface area contributed by atoms with Gasteiger partial charge in [-0.2, -0.15) is 9.67 Å². The Balaban J connectivity index is 1.23. The Morgan fingerprint density at radius 1 is 1.05 bits per heavy atom. The highest BCUT2D eigenvalue weighted by molar-refractivity contribution is 5.88. The van der Waals surface area contributed by atoms with Gasteiger partial charge < -0.3 is 25.4 Å². The molecule has 1 unspecified atom stereocenters. The topological polar surface area (TPSA) is 132 Å². The van der Waals surface area contributed by atoms with E-state index in [1.807, 2.05) is 18.2 Å². The van der Waals surface area contributed by atoms with Crippen molar-refractivity contribution in [1.29, 1.82) is 0 Å². The quantitative estimate of drug-likeness (QED) is 0.358. The zero-order valence-electron chi connectivity index (χ0n) is 21.8. The van der Waals surface area contributed by atoms with Crippen molar-refractivity contribution in [3.8, 4) is 17.3 Å². The van der Waals surface area contributed by atoms with E-state index in [1.54, 1.807) is 31.2 Å². The van der Waals surface area contributed by atoms with Crippen LogP contribution in [0.15, 0.2) is 36.8 Å². The summed E-state index contributed by atoms with van der Waals surface area (Å²) in [5.74, 6) is 4.04. The van der Waals surface area contributed by atoms with E-state index in [4.69, 9.17) is 20.2 Å². The average molecular weight is 517 g/mol. The number of ether oxygens (including phenoxy) is 2. The highest BCUT2D eigenvalue weighted by atomic mass is 16.5. The first-order valence-electron chi connectivity index (χ1n) is 12.8. The van der Waals surface area contributed by atoms with Crippen molar-refractivity contribution in [3.63, 3.8) is 0 Å². The fourth-order valence-corrected chi connectivity index (χ4v) is 4.98. The molecule has 1 saturated heterocycles. The Morgan fingerprint density at radius 3 is 2.58 bits per heavy atom. The molecule has 0 spiro atoms. The first kappa shape index (κ1) is 24.2. The van der Waals surface area contributed by atoms with E-state index in [-0.39, 0.29) is 5.95 Å². The van der Waals surface area contributed by atoms with Gasteiger partial charge in [0.15, 0.2) is 17.3 Å². The maximum absolute atomic E-state index is 6.00. The van der Waals surface area contributed by atoms with E-state index >= 15 is 0 Å². The summed E-state index contributed by atoms with van der Waals surface area (Å²) in [6, 6.07) is 8.15. The van der Waals surface area contributed by atoms with Gasteiger partial charge in [-0.25, -0.2) is 15.0 Å². The van der Waals surface area contributed by atoms with Crippen molar-refractivity contribution in [1.82, 2.24) is 34.6 Å². The number of aromatic nitrogens is 6. The van der Waals surface area contributed by atoms with Gasteiger partial charge in [0.1, 0.15) is 12.1 Å². The summed E-state index contributed by atoms with van der Waals surface area (Å²) < 4.78 is 12.4. The lowest BCUT2D eigenvalue weighted by Gasteiger charge is -2.40. The van der Waals surface area contributed by atoms with E-state index in [9.17, 15) is 0 Å². The smallest absolute Gasteiger partial charge is 0.241 e. The van der Waals surface area contributed by atoms with Gasteiger partial charge in [0, 0.05) is 43.7 Å². The molecule has 3 aromatic heterocycles. The largest absolute Gasteiger partial charge is 0.493 e. The summed E-state index contributed by atoms with van der Waals surface area (Å²) >= 11 is 0. The number of nitrogens with zero attached hydrogens (tertiary/aromatic N) is 8. The van der Waals surface area contributed by atoms with Gasteiger partial charge in [0.25, 0.3) is 0 Å². The second kappa shape index (κ2) is 9.93. The first-order valence-corrected chi connectivity index (χ1v) is 12.8. The second-order valence-corrected chi connectivity index (χ2v) is 9.89. The lowest BCUT2D eigenvalue weighted by molar-refractivity contribution is 0.181. The highest BCUT2D eigenvalue weighted by Gasteiger charge is 2.30. The number of anilines is 4. The van der Waals surface area contributed by atoms with E-state index in [0.717, 1.165) is 37.1 Å². The van der Waals surface area contributed by atoms with Crippen molar-refractivity contribution >= 4 is 34.3 Å². The number of nitrogens with two attached hydrogens (primary N) is 1. The Hall–Kier alpha value is -4.19. The third-order valence-corrected chi connectivity index (χ3v) is 7.23. The van der Waals surface area contributed by atoms with Crippen molar-refractivity contribution < 1.29 is 9.47 Å². The van der Waals surface area contributed by atoms with Crippen LogP contribution in [-0.4, -0.2) is 81.1 Å². The number of piperazine rings is 1. The third-order valence-electron chi connectivity index (χ3n) is 7.23. The Morgan fingerprint density at radius 2 is 1.87 bits per heavy atom. The van der Waals surface area contributed by atoms with Crippen LogP contribution in [0.2, 0.25) is 0 Å². The van der Waals surface area contributed by atoms with Crippen LogP contribution in [0.3, 0.4) is 0 Å². The number of benzene rings is 1. The molecule has 12 heteroatoms. The number of methoxy groups -OCH3 is 2. The molecule has 1 saturated carbocycles. The molecule has 198 valence electrons. The predicted octanol–water partition coefficient (Wildman–Crippen LogP) is 2.87. The minimum atomic E-state index is 0.113. The monoisotopic (exact) mass is 516 g/mol. The van der Waals surface area contributed by atoms with Crippen LogP contribution in [0.5, 0.6) is 11.5 Å². The molecular weight excluding hydrogens is 484 g/mol. The molecule has 6 rings (SSSR count). The van der Waals surface area contributed by atoms with Crippen LogP contribution in [0.4, 0.5) is 23.4 Å². The van der Waals surface area contributed by atoms with E-state index in [2.05, 4.69) is 42.1 Å². The van der Waals surface area contributed by atoms with E-state index in [1.165, 1.54) is 25.7 Å². The van der Waals surface area contributed by atoms with E-state index in [0.29, 0.717) is 40.2 Å². The maximum atomic E-state index is 6.00. The zero-order valence-corrected chi connectivity index (χ0v) is 21.8. The first-order chi connectivity index (χ1) is 18.5. The molecule has 0 radical (unpaired) electrons. The fourth-order valence-electron chi connectivity index (χ4n) is 4.98. The molecule has 1 atom stereocenters. The van der Waals surface area contributed by atoms with Gasteiger partial charge in [-0.05, 0) is 43.9 Å². The SMILES string of the molecule is COc1cc2ncnc(-n3nc(N)nc3Nc3ccc(N4CCN(CC5CC5)C(C)C4)nc3)c2cc1OC. The van der Waals surface area contributed by atoms with Crippen molar-refractivity contribution in [2.75, 3.05) is 56.3 Å². The summed E-state index contributed by atoms with van der Waals surface area (Å²) in [6.45, 7) is 6.58. The molecule has 1 aromatic carbocycles. The third kappa shape index (κ3) is 4.74. The number of pyridine rings is 1. The standard InChI is InChI=1S/C26H32N10O2/c1-16-13-35(9-8-34(16)14-17-4-5-17)23-7-6-18(12-28-23)31-26-32-25(27)33-36(26)24-19-10-21(37-2)22(38-3)11-20(19)29-15-30-24/h6-7,10-12,15-17H,4-5,8-9,13-14H2,1-3H3,(H3,27,31,32,33). The number of nitrogens with one attached hydrogen (secondary N) is 1. The van der Waals surface area contributed by atoms with Gasteiger partial charge in [0.05, 0.1) is 31.6 Å².